The van der Waals surface area contributed by atoms with Crippen molar-refractivity contribution in [3.8, 4) is 5.75 Å². The van der Waals surface area contributed by atoms with Crippen molar-refractivity contribution in [2.45, 2.75) is 32.2 Å². The molecule has 0 saturated heterocycles. The number of aryl methyl sites for hydroxylation is 1. The van der Waals surface area contributed by atoms with Gasteiger partial charge in [0, 0.05) is 23.3 Å². The molecule has 2 N–H and O–H groups in total. The summed E-state index contributed by atoms with van der Waals surface area (Å²) < 4.78 is 5.20. The average Bonchev–Trinajstić information content (AvgIpc) is 3.30. The summed E-state index contributed by atoms with van der Waals surface area (Å²) in [5.41, 5.74) is 5.25. The lowest BCUT2D eigenvalue weighted by atomic mass is 10.1. The Morgan fingerprint density at radius 2 is 1.89 bits per heavy atom. The lowest BCUT2D eigenvalue weighted by Crippen LogP contribution is -2.35. The number of pyridine rings is 1. The minimum absolute atomic E-state index is 0.164. The zero-order chi connectivity index (χ0) is 24.2. The molecule has 0 saturated carbocycles. The van der Waals surface area contributed by atoms with Gasteiger partial charge < -0.3 is 15.4 Å². The summed E-state index contributed by atoms with van der Waals surface area (Å²) in [4.78, 5) is 19.7. The topological polar surface area (TPSA) is 66.5 Å². The molecular weight excluding hydrogens is 436 g/mol. The summed E-state index contributed by atoms with van der Waals surface area (Å²) in [5.74, 6) is 1.62. The van der Waals surface area contributed by atoms with Crippen molar-refractivity contribution in [1.29, 1.82) is 0 Å². The number of nitrogens with zero attached hydrogens (tertiary/aromatic N) is 2. The molecule has 1 atom stereocenters. The van der Waals surface area contributed by atoms with Crippen molar-refractivity contribution in [2.75, 3.05) is 29.2 Å². The number of rotatable bonds is 7. The number of anilines is 3. The van der Waals surface area contributed by atoms with Crippen molar-refractivity contribution >= 4 is 34.1 Å². The van der Waals surface area contributed by atoms with Crippen LogP contribution in [0.4, 0.5) is 22.0 Å². The summed E-state index contributed by atoms with van der Waals surface area (Å²) >= 11 is 0. The van der Waals surface area contributed by atoms with Crippen LogP contribution < -0.4 is 20.3 Å². The Bertz CT molecular complexity index is 1340. The van der Waals surface area contributed by atoms with Crippen molar-refractivity contribution < 1.29 is 9.53 Å². The second-order valence-electron chi connectivity index (χ2n) is 8.82. The number of carbonyl (C=O) groups is 1. The molecule has 6 heteroatoms. The smallest absolute Gasteiger partial charge is 0.326 e. The normalized spacial score (nSPS) is 14.4. The average molecular weight is 467 g/mol. The van der Waals surface area contributed by atoms with Crippen LogP contribution in [0.1, 0.15) is 36.9 Å². The standard InChI is InChI=1S/C29H30N4O2/c1-3-18-33(29(34)30-22-10-13-24(35-2)14-11-22)23-12-16-26-21(19-23)9-17-28(31-26)32-27-15-8-20-6-4-5-7-25(20)27/h4-7,9-14,16-17,19,27H,3,8,15,18H2,1-2H3,(H,30,34)(H,31,32). The van der Waals surface area contributed by atoms with Gasteiger partial charge in [-0.05, 0) is 85.0 Å². The highest BCUT2D eigenvalue weighted by Gasteiger charge is 2.22. The molecule has 35 heavy (non-hydrogen) atoms. The molecule has 0 aliphatic heterocycles. The molecule has 178 valence electrons. The van der Waals surface area contributed by atoms with Gasteiger partial charge in [-0.3, -0.25) is 4.90 Å². The van der Waals surface area contributed by atoms with Crippen molar-refractivity contribution in [1.82, 2.24) is 4.98 Å². The highest BCUT2D eigenvalue weighted by molar-refractivity contribution is 6.03. The van der Waals surface area contributed by atoms with E-state index in [0.29, 0.717) is 6.54 Å². The summed E-state index contributed by atoms with van der Waals surface area (Å²) in [6.45, 7) is 2.68. The van der Waals surface area contributed by atoms with E-state index in [1.54, 1.807) is 12.0 Å². The molecule has 2 amide bonds. The molecule has 1 unspecified atom stereocenters. The fourth-order valence-electron chi connectivity index (χ4n) is 4.68. The van der Waals surface area contributed by atoms with Gasteiger partial charge in [-0.1, -0.05) is 31.2 Å². The number of aromatic nitrogens is 1. The van der Waals surface area contributed by atoms with Gasteiger partial charge in [-0.25, -0.2) is 9.78 Å². The highest BCUT2D eigenvalue weighted by Crippen LogP contribution is 2.34. The fourth-order valence-corrected chi connectivity index (χ4v) is 4.68. The predicted molar refractivity (Wildman–Crippen MR) is 143 cm³/mol. The number of amides is 2. The van der Waals surface area contributed by atoms with Crippen LogP contribution in [0.5, 0.6) is 5.75 Å². The van der Waals surface area contributed by atoms with Crippen LogP contribution in [0.15, 0.2) is 78.9 Å². The molecule has 0 bridgehead atoms. The van der Waals surface area contributed by atoms with Crippen LogP contribution in [0.25, 0.3) is 10.9 Å². The molecule has 5 rings (SSSR count). The zero-order valence-electron chi connectivity index (χ0n) is 20.1. The molecule has 3 aromatic carbocycles. The van der Waals surface area contributed by atoms with Crippen LogP contribution in [0.2, 0.25) is 0 Å². The third kappa shape index (κ3) is 4.92. The summed E-state index contributed by atoms with van der Waals surface area (Å²) in [6.07, 6.45) is 3.02. The number of methoxy groups -OCH3 is 1. The van der Waals surface area contributed by atoms with E-state index in [4.69, 9.17) is 9.72 Å². The van der Waals surface area contributed by atoms with E-state index in [1.165, 1.54) is 11.1 Å². The maximum atomic E-state index is 13.1. The zero-order valence-corrected chi connectivity index (χ0v) is 20.1. The Kier molecular flexibility index (Phi) is 6.53. The van der Waals surface area contributed by atoms with Gasteiger partial charge in [0.2, 0.25) is 0 Å². The van der Waals surface area contributed by atoms with Crippen LogP contribution in [0, 0.1) is 0 Å². The van der Waals surface area contributed by atoms with E-state index in [9.17, 15) is 4.79 Å². The Morgan fingerprint density at radius 3 is 2.69 bits per heavy atom. The van der Waals surface area contributed by atoms with Gasteiger partial charge in [0.25, 0.3) is 0 Å². The van der Waals surface area contributed by atoms with Crippen LogP contribution in [-0.2, 0) is 6.42 Å². The van der Waals surface area contributed by atoms with E-state index in [2.05, 4.69) is 47.9 Å². The first kappa shape index (κ1) is 22.7. The Hall–Kier alpha value is -4.06. The van der Waals surface area contributed by atoms with Gasteiger partial charge in [0.1, 0.15) is 11.6 Å². The second-order valence-corrected chi connectivity index (χ2v) is 8.82. The number of hydrogen-bond donors (Lipinski definition) is 2. The number of nitrogens with one attached hydrogen (secondary N) is 2. The van der Waals surface area contributed by atoms with Gasteiger partial charge in [0.05, 0.1) is 18.7 Å². The predicted octanol–water partition coefficient (Wildman–Crippen LogP) is 6.79. The first-order chi connectivity index (χ1) is 17.1. The van der Waals surface area contributed by atoms with E-state index in [-0.39, 0.29) is 12.1 Å². The largest absolute Gasteiger partial charge is 0.497 e. The van der Waals surface area contributed by atoms with Crippen molar-refractivity contribution in [2.24, 2.45) is 0 Å². The van der Waals surface area contributed by atoms with E-state index in [0.717, 1.165) is 53.1 Å². The Labute approximate surface area is 205 Å². The van der Waals surface area contributed by atoms with Crippen LogP contribution in [0.3, 0.4) is 0 Å². The number of fused-ring (bicyclic) bond motifs is 2. The fraction of sp³-hybridized carbons (Fsp3) is 0.241. The third-order valence-electron chi connectivity index (χ3n) is 6.47. The first-order valence-electron chi connectivity index (χ1n) is 12.1. The molecule has 1 heterocycles. The molecule has 1 aromatic heterocycles. The van der Waals surface area contributed by atoms with Gasteiger partial charge >= 0.3 is 6.03 Å². The Balaban J connectivity index is 1.34. The number of hydrogen-bond acceptors (Lipinski definition) is 4. The van der Waals surface area contributed by atoms with Crippen LogP contribution in [-0.4, -0.2) is 24.7 Å². The van der Waals surface area contributed by atoms with Crippen molar-refractivity contribution in [3.63, 3.8) is 0 Å². The number of urea groups is 1. The first-order valence-corrected chi connectivity index (χ1v) is 12.1. The van der Waals surface area contributed by atoms with Gasteiger partial charge in [-0.15, -0.1) is 0 Å². The molecule has 0 spiro atoms. The van der Waals surface area contributed by atoms with E-state index >= 15 is 0 Å². The summed E-state index contributed by atoms with van der Waals surface area (Å²) in [7, 11) is 1.62. The summed E-state index contributed by atoms with van der Waals surface area (Å²) in [6, 6.07) is 26.1. The monoisotopic (exact) mass is 466 g/mol. The quantitative estimate of drug-likeness (QED) is 0.315. The SMILES string of the molecule is CCCN(C(=O)Nc1ccc(OC)cc1)c1ccc2nc(NC3CCc4ccccc43)ccc2c1. The molecule has 4 aromatic rings. The molecule has 6 nitrogen and oxygen atoms in total. The van der Waals surface area contributed by atoms with E-state index in [1.807, 2.05) is 48.5 Å². The molecule has 1 aliphatic rings. The number of benzene rings is 3. The molecular formula is C29H30N4O2. The lowest BCUT2D eigenvalue weighted by molar-refractivity contribution is 0.257. The number of ether oxygens (including phenoxy) is 1. The molecule has 1 aliphatic carbocycles. The Morgan fingerprint density at radius 1 is 1.06 bits per heavy atom. The molecule has 0 fully saturated rings. The third-order valence-corrected chi connectivity index (χ3v) is 6.47. The molecule has 0 radical (unpaired) electrons. The maximum Gasteiger partial charge on any atom is 0.326 e. The summed E-state index contributed by atoms with van der Waals surface area (Å²) in [5, 5.41) is 7.59. The van der Waals surface area contributed by atoms with E-state index < -0.39 is 0 Å². The highest BCUT2D eigenvalue weighted by atomic mass is 16.5. The van der Waals surface area contributed by atoms with Gasteiger partial charge in [0.15, 0.2) is 0 Å². The van der Waals surface area contributed by atoms with Crippen LogP contribution >= 0.6 is 0 Å². The van der Waals surface area contributed by atoms with Crippen molar-refractivity contribution in [3.05, 3.63) is 90.0 Å². The number of carbonyl (C=O) groups excluding carboxylic acids is 1. The minimum atomic E-state index is -0.164. The minimum Gasteiger partial charge on any atom is -0.497 e. The second kappa shape index (κ2) is 10.1. The van der Waals surface area contributed by atoms with Gasteiger partial charge in [-0.2, -0.15) is 0 Å². The maximum absolute atomic E-state index is 13.1. The lowest BCUT2D eigenvalue weighted by Gasteiger charge is -2.23.